The summed E-state index contributed by atoms with van der Waals surface area (Å²) in [5, 5.41) is 3.46. The standard InChI is InChI=1S/C16H20F3NO/c1-11(2)13(10-20-14-5-6-14)9-12-3-7-15(8-4-12)21-16(17,18)19/h3-4,7-9,11,14,20H,5-6,10H2,1-2H3. The molecule has 0 heterocycles. The van der Waals surface area contributed by atoms with E-state index in [2.05, 4.69) is 23.9 Å². The van der Waals surface area contributed by atoms with Gasteiger partial charge in [-0.1, -0.05) is 37.6 Å². The third-order valence-corrected chi connectivity index (χ3v) is 3.38. The van der Waals surface area contributed by atoms with Crippen molar-refractivity contribution in [3.8, 4) is 5.75 Å². The molecule has 1 aromatic carbocycles. The van der Waals surface area contributed by atoms with E-state index in [0.717, 1.165) is 12.1 Å². The minimum Gasteiger partial charge on any atom is -0.406 e. The molecule has 0 aliphatic heterocycles. The SMILES string of the molecule is CC(C)C(=Cc1ccc(OC(F)(F)F)cc1)CNC1CC1. The van der Waals surface area contributed by atoms with Gasteiger partial charge < -0.3 is 10.1 Å². The highest BCUT2D eigenvalue weighted by Crippen LogP contribution is 2.24. The molecule has 0 unspecified atom stereocenters. The van der Waals surface area contributed by atoms with Gasteiger partial charge in [-0.3, -0.25) is 0 Å². The molecule has 1 saturated carbocycles. The zero-order chi connectivity index (χ0) is 15.5. The van der Waals surface area contributed by atoms with Crippen LogP contribution in [0.3, 0.4) is 0 Å². The van der Waals surface area contributed by atoms with Crippen LogP contribution in [0.2, 0.25) is 0 Å². The van der Waals surface area contributed by atoms with E-state index in [4.69, 9.17) is 0 Å². The van der Waals surface area contributed by atoms with Crippen molar-refractivity contribution in [2.75, 3.05) is 6.54 Å². The lowest BCUT2D eigenvalue weighted by Crippen LogP contribution is -2.21. The van der Waals surface area contributed by atoms with E-state index in [0.29, 0.717) is 12.0 Å². The minimum absolute atomic E-state index is 0.193. The Bertz CT molecular complexity index is 487. The van der Waals surface area contributed by atoms with Gasteiger partial charge in [-0.05, 0) is 36.5 Å². The lowest BCUT2D eigenvalue weighted by atomic mass is 10.00. The van der Waals surface area contributed by atoms with Crippen molar-refractivity contribution in [1.82, 2.24) is 5.32 Å². The highest BCUT2D eigenvalue weighted by Gasteiger charge is 2.30. The Kier molecular flexibility index (Phi) is 4.93. The summed E-state index contributed by atoms with van der Waals surface area (Å²) >= 11 is 0. The van der Waals surface area contributed by atoms with Crippen LogP contribution in [-0.4, -0.2) is 18.9 Å². The molecular weight excluding hydrogens is 279 g/mol. The van der Waals surface area contributed by atoms with Crippen molar-refractivity contribution in [3.05, 3.63) is 35.4 Å². The van der Waals surface area contributed by atoms with Gasteiger partial charge in [-0.15, -0.1) is 13.2 Å². The zero-order valence-electron chi connectivity index (χ0n) is 12.2. The van der Waals surface area contributed by atoms with Crippen molar-refractivity contribution < 1.29 is 17.9 Å². The molecule has 1 aromatic rings. The first-order chi connectivity index (χ1) is 9.83. The molecule has 0 radical (unpaired) electrons. The van der Waals surface area contributed by atoms with Crippen LogP contribution >= 0.6 is 0 Å². The summed E-state index contributed by atoms with van der Waals surface area (Å²) in [6.07, 6.45) is -0.157. The molecule has 2 nitrogen and oxygen atoms in total. The van der Waals surface area contributed by atoms with Crippen LogP contribution in [0, 0.1) is 5.92 Å². The van der Waals surface area contributed by atoms with E-state index in [1.807, 2.05) is 6.08 Å². The Balaban J connectivity index is 2.02. The minimum atomic E-state index is -4.64. The monoisotopic (exact) mass is 299 g/mol. The number of halogens is 3. The topological polar surface area (TPSA) is 21.3 Å². The van der Waals surface area contributed by atoms with E-state index in [-0.39, 0.29) is 5.75 Å². The molecule has 0 atom stereocenters. The highest BCUT2D eigenvalue weighted by molar-refractivity contribution is 5.54. The van der Waals surface area contributed by atoms with E-state index in [1.165, 1.54) is 30.5 Å². The predicted molar refractivity (Wildman–Crippen MR) is 77.0 cm³/mol. The van der Waals surface area contributed by atoms with Gasteiger partial charge in [0.05, 0.1) is 0 Å². The van der Waals surface area contributed by atoms with Crippen molar-refractivity contribution in [3.63, 3.8) is 0 Å². The zero-order valence-corrected chi connectivity index (χ0v) is 12.2. The Morgan fingerprint density at radius 3 is 2.38 bits per heavy atom. The largest absolute Gasteiger partial charge is 0.573 e. The molecule has 1 N–H and O–H groups in total. The molecule has 1 fully saturated rings. The first-order valence-corrected chi connectivity index (χ1v) is 7.13. The van der Waals surface area contributed by atoms with Gasteiger partial charge in [0.15, 0.2) is 0 Å². The molecule has 2 rings (SSSR count). The third-order valence-electron chi connectivity index (χ3n) is 3.38. The molecule has 21 heavy (non-hydrogen) atoms. The van der Waals surface area contributed by atoms with Crippen molar-refractivity contribution in [2.45, 2.75) is 39.1 Å². The van der Waals surface area contributed by atoms with Crippen LogP contribution in [0.5, 0.6) is 5.75 Å². The Labute approximate surface area is 123 Å². The Morgan fingerprint density at radius 1 is 1.29 bits per heavy atom. The molecule has 0 aromatic heterocycles. The fraction of sp³-hybridized carbons (Fsp3) is 0.500. The lowest BCUT2D eigenvalue weighted by Gasteiger charge is -2.13. The van der Waals surface area contributed by atoms with E-state index >= 15 is 0 Å². The number of rotatable bonds is 6. The van der Waals surface area contributed by atoms with Crippen LogP contribution in [0.1, 0.15) is 32.3 Å². The first kappa shape index (κ1) is 15.9. The Morgan fingerprint density at radius 2 is 1.90 bits per heavy atom. The fourth-order valence-corrected chi connectivity index (χ4v) is 1.95. The number of hydrogen-bond donors (Lipinski definition) is 1. The van der Waals surface area contributed by atoms with Gasteiger partial charge in [0, 0.05) is 12.6 Å². The smallest absolute Gasteiger partial charge is 0.406 e. The number of benzene rings is 1. The molecule has 0 spiro atoms. The normalized spacial score (nSPS) is 16.4. The molecule has 1 aliphatic carbocycles. The van der Waals surface area contributed by atoms with Crippen molar-refractivity contribution >= 4 is 6.08 Å². The summed E-state index contributed by atoms with van der Waals surface area (Å²) < 4.78 is 40.2. The van der Waals surface area contributed by atoms with E-state index < -0.39 is 6.36 Å². The van der Waals surface area contributed by atoms with Gasteiger partial charge in [0.1, 0.15) is 5.75 Å². The predicted octanol–water partition coefficient (Wildman–Crippen LogP) is 4.38. The quantitative estimate of drug-likeness (QED) is 0.842. The van der Waals surface area contributed by atoms with Crippen LogP contribution < -0.4 is 10.1 Å². The van der Waals surface area contributed by atoms with Gasteiger partial charge in [0.25, 0.3) is 0 Å². The van der Waals surface area contributed by atoms with Gasteiger partial charge in [-0.2, -0.15) is 0 Å². The second-order valence-corrected chi connectivity index (χ2v) is 5.65. The summed E-state index contributed by atoms with van der Waals surface area (Å²) in [6, 6.07) is 6.59. The summed E-state index contributed by atoms with van der Waals surface area (Å²) in [5.41, 5.74) is 2.12. The van der Waals surface area contributed by atoms with Crippen molar-refractivity contribution in [1.29, 1.82) is 0 Å². The Hall–Kier alpha value is -1.49. The molecule has 5 heteroatoms. The summed E-state index contributed by atoms with van der Waals surface area (Å²) in [7, 11) is 0. The second kappa shape index (κ2) is 6.52. The molecule has 0 saturated heterocycles. The van der Waals surface area contributed by atoms with Crippen molar-refractivity contribution in [2.24, 2.45) is 5.92 Å². The van der Waals surface area contributed by atoms with Gasteiger partial charge in [0.2, 0.25) is 0 Å². The molecular formula is C16H20F3NO. The first-order valence-electron chi connectivity index (χ1n) is 7.13. The maximum Gasteiger partial charge on any atom is 0.573 e. The maximum absolute atomic E-state index is 12.1. The summed E-state index contributed by atoms with van der Waals surface area (Å²) in [5.74, 6) is 0.198. The molecule has 0 bridgehead atoms. The summed E-state index contributed by atoms with van der Waals surface area (Å²) in [6.45, 7) is 5.05. The van der Waals surface area contributed by atoms with Crippen LogP contribution in [-0.2, 0) is 0 Å². The van der Waals surface area contributed by atoms with E-state index in [1.54, 1.807) is 12.1 Å². The lowest BCUT2D eigenvalue weighted by molar-refractivity contribution is -0.274. The second-order valence-electron chi connectivity index (χ2n) is 5.65. The number of nitrogens with one attached hydrogen (secondary N) is 1. The van der Waals surface area contributed by atoms with Crippen LogP contribution in [0.25, 0.3) is 6.08 Å². The van der Waals surface area contributed by atoms with Crippen LogP contribution in [0.15, 0.2) is 29.8 Å². The van der Waals surface area contributed by atoms with Gasteiger partial charge in [-0.25, -0.2) is 0 Å². The summed E-state index contributed by atoms with van der Waals surface area (Å²) in [4.78, 5) is 0. The molecule has 116 valence electrons. The third kappa shape index (κ3) is 5.79. The number of hydrogen-bond acceptors (Lipinski definition) is 2. The average Bonchev–Trinajstić information content (AvgIpc) is 3.18. The van der Waals surface area contributed by atoms with Crippen LogP contribution in [0.4, 0.5) is 13.2 Å². The molecule has 0 amide bonds. The molecule has 1 aliphatic rings. The van der Waals surface area contributed by atoms with E-state index in [9.17, 15) is 13.2 Å². The number of ether oxygens (including phenoxy) is 1. The van der Waals surface area contributed by atoms with Gasteiger partial charge >= 0.3 is 6.36 Å². The maximum atomic E-state index is 12.1. The average molecular weight is 299 g/mol. The fourth-order valence-electron chi connectivity index (χ4n) is 1.95. The highest BCUT2D eigenvalue weighted by atomic mass is 19.4. The number of alkyl halides is 3.